The fourth-order valence-electron chi connectivity index (χ4n) is 4.83. The monoisotopic (exact) mass is 647 g/mol. The number of aliphatic hydroxyl groups excluding tert-OH is 1. The molecule has 4 rings (SSSR count). The number of carbonyl (C=O) groups is 1. The Morgan fingerprint density at radius 2 is 1.80 bits per heavy atom. The van der Waals surface area contributed by atoms with Crippen molar-refractivity contribution < 1.29 is 36.9 Å². The minimum Gasteiger partial charge on any atom is -0.506 e. The third-order valence-electron chi connectivity index (χ3n) is 7.22. The number of benzene rings is 3. The number of phenols is 1. The highest BCUT2D eigenvalue weighted by molar-refractivity contribution is 7.92. The maximum atomic E-state index is 13.8. The molecule has 1 heterocycles. The molecule has 0 unspecified atom stereocenters. The molecule has 45 heavy (non-hydrogen) atoms. The molecule has 11 nitrogen and oxygen atoms in total. The van der Waals surface area contributed by atoms with Gasteiger partial charge in [-0.2, -0.15) is 0 Å². The highest BCUT2D eigenvalue weighted by Crippen LogP contribution is 2.28. The quantitative estimate of drug-likeness (QED) is 0.115. The summed E-state index contributed by atoms with van der Waals surface area (Å²) in [7, 11) is -3.57. The highest BCUT2D eigenvalue weighted by atomic mass is 32.2. The third kappa shape index (κ3) is 11.1. The van der Waals surface area contributed by atoms with Crippen molar-refractivity contribution in [2.75, 3.05) is 49.1 Å². The van der Waals surface area contributed by atoms with Crippen molar-refractivity contribution in [1.82, 2.24) is 15.5 Å². The number of ether oxygens (including phenoxy) is 1. The van der Waals surface area contributed by atoms with Crippen LogP contribution in [0, 0.1) is 11.6 Å². The van der Waals surface area contributed by atoms with Gasteiger partial charge >= 0.3 is 6.03 Å². The number of aromatic hydroxyl groups is 1. The maximum absolute atomic E-state index is 13.8. The van der Waals surface area contributed by atoms with Crippen LogP contribution < -0.4 is 25.4 Å². The van der Waals surface area contributed by atoms with E-state index in [4.69, 9.17) is 4.74 Å². The first-order chi connectivity index (χ1) is 21.4. The van der Waals surface area contributed by atoms with E-state index >= 15 is 0 Å². The predicted molar refractivity (Wildman–Crippen MR) is 168 cm³/mol. The Morgan fingerprint density at radius 3 is 2.51 bits per heavy atom. The van der Waals surface area contributed by atoms with Crippen LogP contribution in [0.2, 0.25) is 0 Å². The minimum atomic E-state index is -3.57. The molecule has 0 saturated carbocycles. The fourth-order valence-corrected chi connectivity index (χ4v) is 5.39. The van der Waals surface area contributed by atoms with E-state index < -0.39 is 27.8 Å². The zero-order chi connectivity index (χ0) is 32.4. The van der Waals surface area contributed by atoms with Crippen molar-refractivity contribution in [3.8, 4) is 11.5 Å². The minimum absolute atomic E-state index is 0.00597. The number of piperidine rings is 1. The summed E-state index contributed by atoms with van der Waals surface area (Å²) in [5.41, 5.74) is 2.20. The lowest BCUT2D eigenvalue weighted by Gasteiger charge is -2.33. The summed E-state index contributed by atoms with van der Waals surface area (Å²) in [6.45, 7) is 1.93. The molecule has 3 aromatic carbocycles. The number of aliphatic hydroxyl groups is 1. The van der Waals surface area contributed by atoms with Crippen LogP contribution in [0.25, 0.3) is 0 Å². The summed E-state index contributed by atoms with van der Waals surface area (Å²) in [4.78, 5) is 14.2. The number of nitrogens with zero attached hydrogens (tertiary/aromatic N) is 1. The lowest BCUT2D eigenvalue weighted by Crippen LogP contribution is -2.46. The van der Waals surface area contributed by atoms with E-state index in [0.717, 1.165) is 55.0 Å². The van der Waals surface area contributed by atoms with E-state index in [1.54, 1.807) is 4.90 Å². The first-order valence-corrected chi connectivity index (χ1v) is 16.5. The van der Waals surface area contributed by atoms with Gasteiger partial charge in [-0.15, -0.1) is 0 Å². The van der Waals surface area contributed by atoms with Crippen LogP contribution in [0.4, 0.5) is 25.0 Å². The van der Waals surface area contributed by atoms with Crippen molar-refractivity contribution in [2.45, 2.75) is 38.0 Å². The normalized spacial score (nSPS) is 14.5. The summed E-state index contributed by atoms with van der Waals surface area (Å²) in [5, 5.41) is 29.4. The van der Waals surface area contributed by atoms with Gasteiger partial charge in [-0.1, -0.05) is 12.1 Å². The van der Waals surface area contributed by atoms with Crippen molar-refractivity contribution in [3.63, 3.8) is 0 Å². The fraction of sp³-hybridized carbons (Fsp3) is 0.387. The van der Waals surface area contributed by atoms with Crippen LogP contribution in [-0.2, 0) is 23.0 Å². The largest absolute Gasteiger partial charge is 0.506 e. The average molecular weight is 648 g/mol. The van der Waals surface area contributed by atoms with Gasteiger partial charge in [0.05, 0.1) is 11.9 Å². The maximum Gasteiger partial charge on any atom is 0.317 e. The molecule has 244 valence electrons. The molecule has 1 aliphatic heterocycles. The number of carbonyl (C=O) groups excluding carboxylic acids is 1. The van der Waals surface area contributed by atoms with E-state index in [-0.39, 0.29) is 42.2 Å². The Labute approximate surface area is 261 Å². The van der Waals surface area contributed by atoms with Gasteiger partial charge in [0, 0.05) is 49.5 Å². The highest BCUT2D eigenvalue weighted by Gasteiger charge is 2.23. The molecule has 2 amide bonds. The Bertz CT molecular complexity index is 1540. The van der Waals surface area contributed by atoms with Gasteiger partial charge in [0.15, 0.2) is 0 Å². The van der Waals surface area contributed by atoms with Crippen LogP contribution in [0.3, 0.4) is 0 Å². The van der Waals surface area contributed by atoms with Gasteiger partial charge < -0.3 is 35.8 Å². The Kier molecular flexibility index (Phi) is 11.8. The van der Waals surface area contributed by atoms with Gasteiger partial charge in [-0.05, 0) is 73.8 Å². The third-order valence-corrected chi connectivity index (χ3v) is 7.81. The molecule has 0 aromatic heterocycles. The van der Waals surface area contributed by atoms with Gasteiger partial charge in [-0.25, -0.2) is 22.0 Å². The molecule has 14 heteroatoms. The summed E-state index contributed by atoms with van der Waals surface area (Å²) in [6.07, 6.45) is 2.43. The number of likely N-dealkylation sites (tertiary alicyclic amines) is 1. The lowest BCUT2D eigenvalue weighted by molar-refractivity contribution is 0.106. The zero-order valence-corrected chi connectivity index (χ0v) is 25.7. The van der Waals surface area contributed by atoms with E-state index in [1.807, 2.05) is 24.3 Å². The Balaban J connectivity index is 1.10. The average Bonchev–Trinajstić information content (AvgIpc) is 3.00. The number of urea groups is 1. The number of nitrogens with one attached hydrogen (secondary N) is 4. The van der Waals surface area contributed by atoms with Crippen LogP contribution in [-0.4, -0.2) is 80.7 Å². The van der Waals surface area contributed by atoms with Crippen LogP contribution in [0.15, 0.2) is 60.7 Å². The first kappa shape index (κ1) is 33.7. The number of hydrogen-bond donors (Lipinski definition) is 6. The number of halogens is 2. The van der Waals surface area contributed by atoms with E-state index in [2.05, 4.69) is 20.7 Å². The van der Waals surface area contributed by atoms with E-state index in [0.29, 0.717) is 31.9 Å². The molecular weight excluding hydrogens is 608 g/mol. The Morgan fingerprint density at radius 1 is 1.07 bits per heavy atom. The summed E-state index contributed by atoms with van der Waals surface area (Å²) < 4.78 is 57.7. The number of amides is 2. The molecule has 1 atom stereocenters. The smallest absolute Gasteiger partial charge is 0.317 e. The summed E-state index contributed by atoms with van der Waals surface area (Å²) >= 11 is 0. The van der Waals surface area contributed by atoms with Gasteiger partial charge in [0.1, 0.15) is 35.8 Å². The molecule has 3 aromatic rings. The molecule has 0 radical (unpaired) electrons. The molecule has 6 N–H and O–H groups in total. The topological polar surface area (TPSA) is 152 Å². The van der Waals surface area contributed by atoms with Crippen molar-refractivity contribution in [1.29, 1.82) is 0 Å². The Hall–Kier alpha value is -4.14. The number of hydrogen-bond acceptors (Lipinski definition) is 8. The number of sulfonamides is 1. The van der Waals surface area contributed by atoms with Gasteiger partial charge in [-0.3, -0.25) is 4.72 Å². The lowest BCUT2D eigenvalue weighted by atomic mass is 10.0. The standard InChI is InChI=1S/C31H39F2N5O6S/c1-45(42,43)37-29-17-27(7-9-30(29)40)44-20-26(39)19-34-13-10-21-2-5-24(6-3-21)36-25-11-14-38(15-12-25)31(41)35-18-22-16-23(32)4-8-28(22)33/h2-9,16-17,25-26,34,36-37,39-40H,10-15,18-20H2,1H3,(H,35,41)/t26-/m0/s1. The summed E-state index contributed by atoms with van der Waals surface area (Å²) in [6, 6.07) is 15.3. The number of phenolic OH excluding ortho intramolecular Hbond substituents is 1. The molecular formula is C31H39F2N5O6S. The summed E-state index contributed by atoms with van der Waals surface area (Å²) in [5.74, 6) is -1.04. The predicted octanol–water partition coefficient (Wildman–Crippen LogP) is 3.40. The van der Waals surface area contributed by atoms with Gasteiger partial charge in [0.25, 0.3) is 0 Å². The molecule has 1 fully saturated rings. The second kappa shape index (κ2) is 15.7. The molecule has 0 spiro atoms. The first-order valence-electron chi connectivity index (χ1n) is 14.6. The van der Waals surface area contributed by atoms with Gasteiger partial charge in [0.2, 0.25) is 10.0 Å². The molecule has 0 bridgehead atoms. The van der Waals surface area contributed by atoms with Crippen LogP contribution in [0.5, 0.6) is 11.5 Å². The van der Waals surface area contributed by atoms with Crippen LogP contribution >= 0.6 is 0 Å². The van der Waals surface area contributed by atoms with Crippen LogP contribution in [0.1, 0.15) is 24.0 Å². The van der Waals surface area contributed by atoms with Crippen molar-refractivity contribution >= 4 is 27.4 Å². The number of rotatable bonds is 14. The van der Waals surface area contributed by atoms with E-state index in [1.165, 1.54) is 18.2 Å². The second-order valence-electron chi connectivity index (χ2n) is 11.0. The molecule has 0 aliphatic carbocycles. The molecule has 1 aliphatic rings. The van der Waals surface area contributed by atoms with Crippen molar-refractivity contribution in [2.24, 2.45) is 0 Å². The van der Waals surface area contributed by atoms with Crippen molar-refractivity contribution in [3.05, 3.63) is 83.4 Å². The SMILES string of the molecule is CS(=O)(=O)Nc1cc(OC[C@@H](O)CNCCc2ccc(NC3CCN(C(=O)NCc4cc(F)ccc4F)CC3)cc2)ccc1O. The van der Waals surface area contributed by atoms with E-state index in [9.17, 15) is 32.2 Å². The zero-order valence-electron chi connectivity index (χ0n) is 24.9. The molecule has 1 saturated heterocycles. The second-order valence-corrected chi connectivity index (χ2v) is 12.7. The number of anilines is 2.